The molecule has 1 aromatic heterocycles. The first-order valence-corrected chi connectivity index (χ1v) is 8.98. The Morgan fingerprint density at radius 1 is 1.31 bits per heavy atom. The number of benzene rings is 1. The first-order chi connectivity index (χ1) is 12.3. The van der Waals surface area contributed by atoms with E-state index >= 15 is 0 Å². The average molecular weight is 355 g/mol. The van der Waals surface area contributed by atoms with Gasteiger partial charge < -0.3 is 15.8 Å². The van der Waals surface area contributed by atoms with Gasteiger partial charge in [-0.15, -0.1) is 0 Å². The summed E-state index contributed by atoms with van der Waals surface area (Å²) < 4.78 is 5.74. The van der Waals surface area contributed by atoms with Crippen molar-refractivity contribution in [1.29, 1.82) is 0 Å². The molecule has 1 aromatic carbocycles. The molecule has 0 saturated heterocycles. The third kappa shape index (κ3) is 5.85. The van der Waals surface area contributed by atoms with Crippen molar-refractivity contribution in [1.82, 2.24) is 10.3 Å². The molecule has 1 atom stereocenters. The van der Waals surface area contributed by atoms with Gasteiger partial charge in [-0.05, 0) is 56.0 Å². The van der Waals surface area contributed by atoms with E-state index in [1.54, 1.807) is 12.3 Å². The maximum Gasteiger partial charge on any atom is 0.251 e. The maximum absolute atomic E-state index is 12.6. The lowest BCUT2D eigenvalue weighted by Crippen LogP contribution is -2.52. The van der Waals surface area contributed by atoms with Crippen LogP contribution in [0.5, 0.6) is 5.75 Å². The van der Waals surface area contributed by atoms with E-state index in [0.717, 1.165) is 17.7 Å². The summed E-state index contributed by atoms with van der Waals surface area (Å²) in [5, 5.41) is 3.08. The largest absolute Gasteiger partial charge is 0.487 e. The predicted molar refractivity (Wildman–Crippen MR) is 104 cm³/mol. The van der Waals surface area contributed by atoms with Crippen LogP contribution in [0.1, 0.15) is 48.8 Å². The molecule has 5 heteroatoms. The van der Waals surface area contributed by atoms with Gasteiger partial charge in [0.25, 0.3) is 5.91 Å². The molecule has 1 unspecified atom stereocenters. The van der Waals surface area contributed by atoms with E-state index in [1.807, 2.05) is 44.2 Å². The van der Waals surface area contributed by atoms with E-state index in [9.17, 15) is 4.79 Å². The highest BCUT2D eigenvalue weighted by molar-refractivity contribution is 5.94. The van der Waals surface area contributed by atoms with Gasteiger partial charge in [0.1, 0.15) is 12.4 Å². The minimum Gasteiger partial charge on any atom is -0.487 e. The minimum absolute atomic E-state index is 0.113. The van der Waals surface area contributed by atoms with E-state index in [4.69, 9.17) is 10.5 Å². The van der Waals surface area contributed by atoms with Crippen molar-refractivity contribution in [2.45, 2.75) is 46.3 Å². The fourth-order valence-corrected chi connectivity index (χ4v) is 2.94. The second kappa shape index (κ2) is 8.81. The van der Waals surface area contributed by atoms with E-state index in [2.05, 4.69) is 24.1 Å². The molecule has 3 N–H and O–H groups in total. The molecule has 0 aliphatic rings. The summed E-state index contributed by atoms with van der Waals surface area (Å²) in [7, 11) is 0. The van der Waals surface area contributed by atoms with Crippen LogP contribution in [0.15, 0.2) is 42.6 Å². The number of nitrogens with one attached hydrogen (secondary N) is 1. The van der Waals surface area contributed by atoms with Crippen LogP contribution < -0.4 is 15.8 Å². The summed E-state index contributed by atoms with van der Waals surface area (Å²) >= 11 is 0. The van der Waals surface area contributed by atoms with Crippen LogP contribution in [-0.2, 0) is 6.61 Å². The van der Waals surface area contributed by atoms with Gasteiger partial charge in [-0.25, -0.2) is 0 Å². The second-order valence-electron chi connectivity index (χ2n) is 7.44. The van der Waals surface area contributed by atoms with Crippen molar-refractivity contribution in [3.8, 4) is 5.75 Å². The van der Waals surface area contributed by atoms with E-state index in [0.29, 0.717) is 30.4 Å². The predicted octanol–water partition coefficient (Wildman–Crippen LogP) is 3.46. The molecule has 26 heavy (non-hydrogen) atoms. The van der Waals surface area contributed by atoms with Crippen LogP contribution in [0.3, 0.4) is 0 Å². The van der Waals surface area contributed by atoms with Gasteiger partial charge in [-0.1, -0.05) is 26.0 Å². The van der Waals surface area contributed by atoms with Gasteiger partial charge in [0.2, 0.25) is 0 Å². The van der Waals surface area contributed by atoms with Crippen LogP contribution in [-0.4, -0.2) is 23.0 Å². The van der Waals surface area contributed by atoms with Gasteiger partial charge in [-0.3, -0.25) is 9.78 Å². The Hall–Kier alpha value is -2.40. The lowest BCUT2D eigenvalue weighted by Gasteiger charge is -2.31. The highest BCUT2D eigenvalue weighted by atomic mass is 16.5. The number of ether oxygens (including phenoxy) is 1. The Kier molecular flexibility index (Phi) is 6.75. The average Bonchev–Trinajstić information content (AvgIpc) is 2.61. The normalized spacial score (nSPS) is 13.3. The molecule has 2 rings (SSSR count). The number of nitrogens with zero attached hydrogens (tertiary/aromatic N) is 1. The number of hydrogen-bond acceptors (Lipinski definition) is 4. The smallest absolute Gasteiger partial charge is 0.251 e. The van der Waals surface area contributed by atoms with Crippen molar-refractivity contribution in [2.24, 2.45) is 11.7 Å². The number of rotatable bonds is 8. The molecule has 0 spiro atoms. The number of carbonyl (C=O) groups is 1. The van der Waals surface area contributed by atoms with E-state index < -0.39 is 5.54 Å². The summed E-state index contributed by atoms with van der Waals surface area (Å²) in [5.41, 5.74) is 7.96. The SMILES string of the molecule is Cc1ccc(OCc2cccc(C(=O)NC(C)(CN)CC(C)C)c2)cn1. The fourth-order valence-electron chi connectivity index (χ4n) is 2.94. The topological polar surface area (TPSA) is 77.2 Å². The molecule has 0 radical (unpaired) electrons. The number of nitrogens with two attached hydrogens (primary N) is 1. The molecular weight excluding hydrogens is 326 g/mol. The molecule has 0 bridgehead atoms. The molecular formula is C21H29N3O2. The van der Waals surface area contributed by atoms with Gasteiger partial charge in [0.15, 0.2) is 0 Å². The fraction of sp³-hybridized carbons (Fsp3) is 0.429. The molecule has 2 aromatic rings. The number of carbonyl (C=O) groups excluding carboxylic acids is 1. The van der Waals surface area contributed by atoms with Crippen LogP contribution in [0.2, 0.25) is 0 Å². The zero-order valence-electron chi connectivity index (χ0n) is 16.1. The lowest BCUT2D eigenvalue weighted by molar-refractivity contribution is 0.0898. The molecule has 5 nitrogen and oxygen atoms in total. The van der Waals surface area contributed by atoms with Crippen LogP contribution in [0.4, 0.5) is 0 Å². The Bertz CT molecular complexity index is 728. The highest BCUT2D eigenvalue weighted by Gasteiger charge is 2.26. The number of pyridine rings is 1. The maximum atomic E-state index is 12.6. The summed E-state index contributed by atoms with van der Waals surface area (Å²) in [6.07, 6.45) is 2.53. The summed E-state index contributed by atoms with van der Waals surface area (Å²) in [5.74, 6) is 1.04. The monoisotopic (exact) mass is 355 g/mol. The molecule has 0 aliphatic carbocycles. The lowest BCUT2D eigenvalue weighted by atomic mass is 9.90. The van der Waals surface area contributed by atoms with Crippen molar-refractivity contribution in [2.75, 3.05) is 6.54 Å². The number of aromatic nitrogens is 1. The first-order valence-electron chi connectivity index (χ1n) is 8.98. The minimum atomic E-state index is -0.411. The third-order valence-corrected chi connectivity index (χ3v) is 4.20. The molecule has 1 heterocycles. The highest BCUT2D eigenvalue weighted by Crippen LogP contribution is 2.17. The van der Waals surface area contributed by atoms with Crippen molar-refractivity contribution >= 4 is 5.91 Å². The van der Waals surface area contributed by atoms with Gasteiger partial charge >= 0.3 is 0 Å². The van der Waals surface area contributed by atoms with Crippen molar-refractivity contribution in [3.05, 3.63) is 59.4 Å². The van der Waals surface area contributed by atoms with Gasteiger partial charge in [0, 0.05) is 23.3 Å². The standard InChI is InChI=1S/C21H29N3O2/c1-15(2)11-21(4,14-22)24-20(25)18-7-5-6-17(10-18)13-26-19-9-8-16(3)23-12-19/h5-10,12,15H,11,13-14,22H2,1-4H3,(H,24,25). The van der Waals surface area contributed by atoms with E-state index in [1.165, 1.54) is 0 Å². The zero-order valence-corrected chi connectivity index (χ0v) is 16.1. The zero-order chi connectivity index (χ0) is 19.2. The number of aryl methyl sites for hydroxylation is 1. The Labute approximate surface area is 156 Å². The van der Waals surface area contributed by atoms with Crippen LogP contribution in [0, 0.1) is 12.8 Å². The van der Waals surface area contributed by atoms with Crippen molar-refractivity contribution in [3.63, 3.8) is 0 Å². The molecule has 0 aliphatic heterocycles. The van der Waals surface area contributed by atoms with E-state index in [-0.39, 0.29) is 5.91 Å². The quantitative estimate of drug-likeness (QED) is 0.760. The number of hydrogen-bond donors (Lipinski definition) is 2. The third-order valence-electron chi connectivity index (χ3n) is 4.20. The molecule has 1 amide bonds. The van der Waals surface area contributed by atoms with Crippen molar-refractivity contribution < 1.29 is 9.53 Å². The second-order valence-corrected chi connectivity index (χ2v) is 7.44. The first kappa shape index (κ1) is 19.9. The van der Waals surface area contributed by atoms with Gasteiger partial charge in [0.05, 0.1) is 6.20 Å². The van der Waals surface area contributed by atoms with Crippen LogP contribution in [0.25, 0.3) is 0 Å². The summed E-state index contributed by atoms with van der Waals surface area (Å²) in [6, 6.07) is 11.2. The Morgan fingerprint density at radius 2 is 2.08 bits per heavy atom. The van der Waals surface area contributed by atoms with Gasteiger partial charge in [-0.2, -0.15) is 0 Å². The molecule has 0 saturated carbocycles. The Morgan fingerprint density at radius 3 is 2.69 bits per heavy atom. The molecule has 140 valence electrons. The molecule has 0 fully saturated rings. The summed E-state index contributed by atoms with van der Waals surface area (Å²) in [6.45, 7) is 8.95. The number of amides is 1. The Balaban J connectivity index is 2.03. The summed E-state index contributed by atoms with van der Waals surface area (Å²) in [4.78, 5) is 16.9. The van der Waals surface area contributed by atoms with Crippen LogP contribution >= 0.6 is 0 Å².